The Hall–Kier alpha value is 0.180. The zero-order chi connectivity index (χ0) is 8.81. The van der Waals surface area contributed by atoms with Gasteiger partial charge < -0.3 is 4.90 Å². The molecule has 0 radical (unpaired) electrons. The Morgan fingerprint density at radius 3 is 3.00 bits per heavy atom. The second-order valence-electron chi connectivity index (χ2n) is 3.51. The molecule has 1 saturated heterocycles. The van der Waals surface area contributed by atoms with Gasteiger partial charge in [0.15, 0.2) is 0 Å². The molecule has 1 unspecified atom stereocenters. The second kappa shape index (κ2) is 5.76. The Bertz CT molecular complexity index is 121. The Morgan fingerprint density at radius 2 is 2.33 bits per heavy atom. The zero-order valence-corrected chi connectivity index (χ0v) is 8.19. The van der Waals surface area contributed by atoms with Gasteiger partial charge >= 0.3 is 0 Å². The lowest BCUT2D eigenvalue weighted by atomic mass is 10.00. The number of hydrogen-bond donors (Lipinski definition) is 0. The van der Waals surface area contributed by atoms with E-state index in [2.05, 4.69) is 4.90 Å². The number of nitrogens with zero attached hydrogens (tertiary/aromatic N) is 1. The van der Waals surface area contributed by atoms with Crippen molar-refractivity contribution in [2.45, 2.75) is 19.3 Å². The van der Waals surface area contributed by atoms with E-state index in [0.29, 0.717) is 12.3 Å². The molecule has 0 spiro atoms. The molecule has 0 aromatic heterocycles. The fourth-order valence-corrected chi connectivity index (χ4v) is 2.02. The van der Waals surface area contributed by atoms with E-state index in [-0.39, 0.29) is 6.67 Å². The van der Waals surface area contributed by atoms with Crippen molar-refractivity contribution in [3.8, 4) is 0 Å². The average molecular weight is 194 g/mol. The summed E-state index contributed by atoms with van der Waals surface area (Å²) in [5.74, 6) is 1.39. The Morgan fingerprint density at radius 1 is 1.50 bits per heavy atom. The molecule has 0 amide bonds. The van der Waals surface area contributed by atoms with Gasteiger partial charge in [-0.05, 0) is 31.7 Å². The molecule has 12 heavy (non-hydrogen) atoms. The van der Waals surface area contributed by atoms with Gasteiger partial charge in [0.05, 0.1) is 6.67 Å². The van der Waals surface area contributed by atoms with Crippen molar-refractivity contribution in [3.63, 3.8) is 0 Å². The molecule has 0 aromatic carbocycles. The van der Waals surface area contributed by atoms with Crippen molar-refractivity contribution in [2.24, 2.45) is 5.92 Å². The number of halogens is 2. The highest BCUT2D eigenvalue weighted by molar-refractivity contribution is 6.18. The molecule has 1 aliphatic heterocycles. The molecule has 0 bridgehead atoms. The van der Waals surface area contributed by atoms with Crippen LogP contribution in [0, 0.1) is 5.92 Å². The first-order valence-electron chi connectivity index (χ1n) is 4.71. The van der Waals surface area contributed by atoms with Crippen molar-refractivity contribution >= 4 is 11.6 Å². The third kappa shape index (κ3) is 3.28. The van der Waals surface area contributed by atoms with Crippen LogP contribution >= 0.6 is 11.6 Å². The lowest BCUT2D eigenvalue weighted by Crippen LogP contribution is -2.36. The smallest absolute Gasteiger partial charge is 0.0906 e. The van der Waals surface area contributed by atoms with Crippen LogP contribution in [0.25, 0.3) is 0 Å². The van der Waals surface area contributed by atoms with Crippen molar-refractivity contribution in [3.05, 3.63) is 0 Å². The number of rotatable bonds is 4. The monoisotopic (exact) mass is 193 g/mol. The van der Waals surface area contributed by atoms with Gasteiger partial charge in [-0.15, -0.1) is 11.6 Å². The molecule has 0 saturated carbocycles. The van der Waals surface area contributed by atoms with E-state index in [0.717, 1.165) is 25.5 Å². The minimum Gasteiger partial charge on any atom is -0.303 e. The van der Waals surface area contributed by atoms with E-state index in [4.69, 9.17) is 11.6 Å². The normalized spacial score (nSPS) is 26.0. The molecular formula is C9H17ClFN. The Labute approximate surface area is 78.9 Å². The van der Waals surface area contributed by atoms with Gasteiger partial charge in [-0.3, -0.25) is 4.39 Å². The van der Waals surface area contributed by atoms with Crippen LogP contribution in [0.4, 0.5) is 4.39 Å². The molecule has 0 N–H and O–H groups in total. The highest BCUT2D eigenvalue weighted by atomic mass is 35.5. The minimum absolute atomic E-state index is 0.192. The topological polar surface area (TPSA) is 3.24 Å². The molecule has 1 rings (SSSR count). The first kappa shape index (κ1) is 10.3. The largest absolute Gasteiger partial charge is 0.303 e. The molecule has 1 fully saturated rings. The van der Waals surface area contributed by atoms with Crippen LogP contribution in [-0.4, -0.2) is 37.1 Å². The van der Waals surface area contributed by atoms with Crippen LogP contribution in [0.15, 0.2) is 0 Å². The second-order valence-corrected chi connectivity index (χ2v) is 3.81. The van der Waals surface area contributed by atoms with Gasteiger partial charge in [-0.2, -0.15) is 0 Å². The molecule has 1 heterocycles. The summed E-state index contributed by atoms with van der Waals surface area (Å²) in [6.07, 6.45) is 3.15. The maximum atomic E-state index is 11.9. The molecule has 1 aliphatic rings. The molecule has 3 heteroatoms. The number of likely N-dealkylation sites (tertiary alicyclic amines) is 1. The van der Waals surface area contributed by atoms with Crippen molar-refractivity contribution in [1.82, 2.24) is 4.90 Å². The summed E-state index contributed by atoms with van der Waals surface area (Å²) in [6.45, 7) is 2.92. The van der Waals surface area contributed by atoms with Crippen LogP contribution in [-0.2, 0) is 0 Å². The van der Waals surface area contributed by atoms with Crippen LogP contribution in [0.1, 0.15) is 19.3 Å². The highest BCUT2D eigenvalue weighted by Gasteiger charge is 2.18. The van der Waals surface area contributed by atoms with Crippen LogP contribution in [0.2, 0.25) is 0 Å². The highest BCUT2D eigenvalue weighted by Crippen LogP contribution is 2.17. The third-order valence-corrected chi connectivity index (χ3v) is 2.87. The fourth-order valence-electron chi connectivity index (χ4n) is 1.76. The third-order valence-electron chi connectivity index (χ3n) is 2.43. The van der Waals surface area contributed by atoms with Gasteiger partial charge in [-0.25, -0.2) is 0 Å². The van der Waals surface area contributed by atoms with E-state index in [1.807, 2.05) is 0 Å². The minimum atomic E-state index is -0.192. The Balaban J connectivity index is 2.16. The summed E-state index contributed by atoms with van der Waals surface area (Å²) in [5.41, 5.74) is 0. The summed E-state index contributed by atoms with van der Waals surface area (Å²) < 4.78 is 11.9. The predicted molar refractivity (Wildman–Crippen MR) is 50.5 cm³/mol. The first-order chi connectivity index (χ1) is 5.86. The number of hydrogen-bond acceptors (Lipinski definition) is 1. The SMILES string of the molecule is FCCCN1CCCC(CCl)C1. The van der Waals surface area contributed by atoms with E-state index in [1.165, 1.54) is 12.8 Å². The van der Waals surface area contributed by atoms with Crippen LogP contribution < -0.4 is 0 Å². The van der Waals surface area contributed by atoms with Gasteiger partial charge in [0.1, 0.15) is 0 Å². The van der Waals surface area contributed by atoms with Crippen molar-refractivity contribution in [1.29, 1.82) is 0 Å². The predicted octanol–water partition coefficient (Wildman–Crippen LogP) is 2.30. The summed E-state index contributed by atoms with van der Waals surface area (Å²) >= 11 is 5.78. The molecule has 0 aliphatic carbocycles. The van der Waals surface area contributed by atoms with Gasteiger partial charge in [-0.1, -0.05) is 0 Å². The van der Waals surface area contributed by atoms with E-state index < -0.39 is 0 Å². The molecule has 72 valence electrons. The summed E-state index contributed by atoms with van der Waals surface area (Å²) in [7, 11) is 0. The fraction of sp³-hybridized carbons (Fsp3) is 1.00. The summed E-state index contributed by atoms with van der Waals surface area (Å²) in [4.78, 5) is 2.33. The maximum absolute atomic E-state index is 11.9. The van der Waals surface area contributed by atoms with E-state index in [1.54, 1.807) is 0 Å². The summed E-state index contributed by atoms with van der Waals surface area (Å²) in [5, 5.41) is 0. The van der Waals surface area contributed by atoms with E-state index in [9.17, 15) is 4.39 Å². The van der Waals surface area contributed by atoms with Crippen molar-refractivity contribution < 1.29 is 4.39 Å². The van der Waals surface area contributed by atoms with Crippen molar-refractivity contribution in [2.75, 3.05) is 32.2 Å². The molecule has 0 aromatic rings. The number of alkyl halides is 2. The molecule has 1 atom stereocenters. The lowest BCUT2D eigenvalue weighted by Gasteiger charge is -2.31. The average Bonchev–Trinajstić information content (AvgIpc) is 2.15. The van der Waals surface area contributed by atoms with Crippen LogP contribution in [0.5, 0.6) is 0 Å². The van der Waals surface area contributed by atoms with Gasteiger partial charge in [0, 0.05) is 19.0 Å². The lowest BCUT2D eigenvalue weighted by molar-refractivity contribution is 0.179. The standard InChI is InChI=1S/C9H17ClFN/c10-7-9-3-1-5-12(8-9)6-2-4-11/h9H,1-8H2. The quantitative estimate of drug-likeness (QED) is 0.620. The van der Waals surface area contributed by atoms with E-state index >= 15 is 0 Å². The maximum Gasteiger partial charge on any atom is 0.0906 e. The zero-order valence-electron chi connectivity index (χ0n) is 7.44. The van der Waals surface area contributed by atoms with Gasteiger partial charge in [0.25, 0.3) is 0 Å². The summed E-state index contributed by atoms with van der Waals surface area (Å²) in [6, 6.07) is 0. The first-order valence-corrected chi connectivity index (χ1v) is 5.24. The Kier molecular flexibility index (Phi) is 4.93. The van der Waals surface area contributed by atoms with Crippen LogP contribution in [0.3, 0.4) is 0 Å². The van der Waals surface area contributed by atoms with Gasteiger partial charge in [0.2, 0.25) is 0 Å². The molecular weight excluding hydrogens is 177 g/mol. The number of piperidine rings is 1. The molecule has 1 nitrogen and oxygen atoms in total.